The van der Waals surface area contributed by atoms with E-state index < -0.39 is 15.7 Å². The average Bonchev–Trinajstić information content (AvgIpc) is 2.40. The van der Waals surface area contributed by atoms with E-state index in [9.17, 15) is 13.5 Å². The summed E-state index contributed by atoms with van der Waals surface area (Å²) in [5.74, 6) is 0.585. The van der Waals surface area contributed by atoms with Gasteiger partial charge >= 0.3 is 0 Å². The number of aliphatic hydroxyl groups excluding tert-OH is 1. The molecule has 0 aromatic carbocycles. The van der Waals surface area contributed by atoms with Crippen LogP contribution in [0.2, 0.25) is 0 Å². The Labute approximate surface area is 115 Å². The van der Waals surface area contributed by atoms with Crippen molar-refractivity contribution in [3.8, 4) is 0 Å². The zero-order chi connectivity index (χ0) is 13.9. The van der Waals surface area contributed by atoms with Crippen LogP contribution in [-0.2, 0) is 14.9 Å². The highest BCUT2D eigenvalue weighted by Crippen LogP contribution is 2.24. The molecule has 2 aliphatic heterocycles. The van der Waals surface area contributed by atoms with Crippen molar-refractivity contribution in [2.45, 2.75) is 38.1 Å². The van der Waals surface area contributed by atoms with Crippen LogP contribution in [0.4, 0.5) is 0 Å². The highest BCUT2D eigenvalue weighted by molar-refractivity contribution is 7.87. The minimum atomic E-state index is -3.51. The molecule has 2 saturated heterocycles. The number of piperidine rings is 1. The van der Waals surface area contributed by atoms with E-state index in [2.05, 4.69) is 11.6 Å². The predicted octanol–water partition coefficient (Wildman–Crippen LogP) is 0.0942. The lowest BCUT2D eigenvalue weighted by Gasteiger charge is -2.38. The normalized spacial score (nSPS) is 26.4. The minimum absolute atomic E-state index is 0.181. The van der Waals surface area contributed by atoms with Crippen molar-refractivity contribution in [3.63, 3.8) is 0 Å². The topological polar surface area (TPSA) is 78.9 Å². The molecule has 112 valence electrons. The van der Waals surface area contributed by atoms with Crippen molar-refractivity contribution in [2.24, 2.45) is 5.92 Å². The van der Waals surface area contributed by atoms with Gasteiger partial charge in [0.25, 0.3) is 10.2 Å². The molecule has 6 nitrogen and oxygen atoms in total. The molecule has 2 fully saturated rings. The summed E-state index contributed by atoms with van der Waals surface area (Å²) in [4.78, 5) is 0. The van der Waals surface area contributed by atoms with Crippen LogP contribution in [0.25, 0.3) is 0 Å². The fourth-order valence-electron chi connectivity index (χ4n) is 2.62. The second-order valence-electron chi connectivity index (χ2n) is 5.74. The van der Waals surface area contributed by atoms with E-state index in [1.807, 2.05) is 0 Å². The van der Waals surface area contributed by atoms with E-state index >= 15 is 0 Å². The lowest BCUT2D eigenvalue weighted by atomic mass is 9.93. The number of hydrogen-bond acceptors (Lipinski definition) is 4. The van der Waals surface area contributed by atoms with Crippen molar-refractivity contribution < 1.29 is 18.3 Å². The van der Waals surface area contributed by atoms with Crippen LogP contribution in [0.1, 0.15) is 32.6 Å². The van der Waals surface area contributed by atoms with Gasteiger partial charge in [-0.1, -0.05) is 6.92 Å². The number of aliphatic hydroxyl groups is 1. The van der Waals surface area contributed by atoms with Gasteiger partial charge in [-0.05, 0) is 31.6 Å². The molecule has 0 bridgehead atoms. The molecule has 0 amide bonds. The van der Waals surface area contributed by atoms with Gasteiger partial charge in [0.15, 0.2) is 0 Å². The monoisotopic (exact) mass is 292 g/mol. The molecule has 0 unspecified atom stereocenters. The molecular formula is C12H24N2O4S. The molecule has 0 spiro atoms. The van der Waals surface area contributed by atoms with Gasteiger partial charge in [0.1, 0.15) is 0 Å². The lowest BCUT2D eigenvalue weighted by molar-refractivity contribution is 0.0214. The summed E-state index contributed by atoms with van der Waals surface area (Å²) in [6, 6.07) is 0. The van der Waals surface area contributed by atoms with E-state index in [4.69, 9.17) is 4.74 Å². The first-order valence-electron chi connectivity index (χ1n) is 6.95. The first-order chi connectivity index (χ1) is 8.97. The first-order valence-corrected chi connectivity index (χ1v) is 8.39. The average molecular weight is 292 g/mol. The summed E-state index contributed by atoms with van der Waals surface area (Å²) >= 11 is 0. The lowest BCUT2D eigenvalue weighted by Crippen LogP contribution is -2.58. The van der Waals surface area contributed by atoms with Crippen LogP contribution in [0.3, 0.4) is 0 Å². The fourth-order valence-corrected chi connectivity index (χ4v) is 4.25. The molecule has 0 aromatic rings. The molecule has 0 radical (unpaired) electrons. The summed E-state index contributed by atoms with van der Waals surface area (Å²) in [6.45, 7) is 4.06. The molecule has 0 aliphatic carbocycles. The summed E-state index contributed by atoms with van der Waals surface area (Å²) in [7, 11) is -3.51. The van der Waals surface area contributed by atoms with E-state index in [1.54, 1.807) is 0 Å². The maximum absolute atomic E-state index is 12.4. The molecule has 0 aromatic heterocycles. The minimum Gasteiger partial charge on any atom is -0.394 e. The molecule has 2 heterocycles. The van der Waals surface area contributed by atoms with Crippen molar-refractivity contribution in [1.29, 1.82) is 0 Å². The zero-order valence-electron chi connectivity index (χ0n) is 11.5. The highest BCUT2D eigenvalue weighted by atomic mass is 32.2. The SMILES string of the molecule is CC1CCN(S(=O)(=O)NC2(CO)CCOCC2)CC1. The van der Waals surface area contributed by atoms with Gasteiger partial charge in [-0.2, -0.15) is 17.4 Å². The largest absolute Gasteiger partial charge is 0.394 e. The Hall–Kier alpha value is -0.210. The first kappa shape index (κ1) is 15.2. The number of ether oxygens (including phenoxy) is 1. The fraction of sp³-hybridized carbons (Fsp3) is 1.00. The van der Waals surface area contributed by atoms with Crippen molar-refractivity contribution in [1.82, 2.24) is 9.03 Å². The molecule has 0 atom stereocenters. The van der Waals surface area contributed by atoms with E-state index in [0.29, 0.717) is 45.1 Å². The Kier molecular flexibility index (Phi) is 4.84. The van der Waals surface area contributed by atoms with Crippen LogP contribution in [0.15, 0.2) is 0 Å². The second-order valence-corrected chi connectivity index (χ2v) is 7.41. The highest BCUT2D eigenvalue weighted by Gasteiger charge is 2.38. The number of hydrogen-bond donors (Lipinski definition) is 2. The van der Waals surface area contributed by atoms with E-state index in [0.717, 1.165) is 12.8 Å². The van der Waals surface area contributed by atoms with E-state index in [1.165, 1.54) is 4.31 Å². The van der Waals surface area contributed by atoms with Crippen molar-refractivity contribution in [3.05, 3.63) is 0 Å². The van der Waals surface area contributed by atoms with Gasteiger partial charge in [-0.15, -0.1) is 0 Å². The van der Waals surface area contributed by atoms with Gasteiger partial charge in [0, 0.05) is 26.3 Å². The maximum atomic E-state index is 12.4. The summed E-state index contributed by atoms with van der Waals surface area (Å²) < 4.78 is 34.2. The Morgan fingerprint density at radius 3 is 2.42 bits per heavy atom. The molecule has 7 heteroatoms. The third-order valence-electron chi connectivity index (χ3n) is 4.18. The van der Waals surface area contributed by atoms with Crippen LogP contribution >= 0.6 is 0 Å². The van der Waals surface area contributed by atoms with E-state index in [-0.39, 0.29) is 6.61 Å². The Morgan fingerprint density at radius 2 is 1.89 bits per heavy atom. The van der Waals surface area contributed by atoms with Gasteiger partial charge in [0.2, 0.25) is 0 Å². The standard InChI is InChI=1S/C12H24N2O4S/c1-11-2-6-14(7-3-11)19(16,17)13-12(10-15)4-8-18-9-5-12/h11,13,15H,2-10H2,1H3. The Bertz CT molecular complexity index is 385. The summed E-state index contributed by atoms with van der Waals surface area (Å²) in [5.41, 5.74) is -0.750. The quantitative estimate of drug-likeness (QED) is 0.770. The molecular weight excluding hydrogens is 268 g/mol. The molecule has 0 saturated carbocycles. The Balaban J connectivity index is 2.03. The molecule has 2 N–H and O–H groups in total. The molecule has 19 heavy (non-hydrogen) atoms. The van der Waals surface area contributed by atoms with Crippen molar-refractivity contribution in [2.75, 3.05) is 32.9 Å². The van der Waals surface area contributed by atoms with Crippen LogP contribution in [-0.4, -0.2) is 56.3 Å². The van der Waals surface area contributed by atoms with Crippen LogP contribution in [0.5, 0.6) is 0 Å². The van der Waals surface area contributed by atoms with Gasteiger partial charge in [-0.3, -0.25) is 0 Å². The Morgan fingerprint density at radius 1 is 1.32 bits per heavy atom. The number of rotatable bonds is 4. The smallest absolute Gasteiger partial charge is 0.280 e. The maximum Gasteiger partial charge on any atom is 0.280 e. The number of nitrogens with one attached hydrogen (secondary N) is 1. The third-order valence-corrected chi connectivity index (χ3v) is 5.92. The molecule has 2 aliphatic rings. The van der Waals surface area contributed by atoms with Gasteiger partial charge in [0.05, 0.1) is 12.1 Å². The van der Waals surface area contributed by atoms with Crippen LogP contribution in [0, 0.1) is 5.92 Å². The van der Waals surface area contributed by atoms with Crippen LogP contribution < -0.4 is 4.72 Å². The van der Waals surface area contributed by atoms with Gasteiger partial charge in [-0.25, -0.2) is 0 Å². The summed E-state index contributed by atoms with van der Waals surface area (Å²) in [6.07, 6.45) is 2.84. The summed E-state index contributed by atoms with van der Waals surface area (Å²) in [5, 5.41) is 9.54. The molecule has 2 rings (SSSR count). The van der Waals surface area contributed by atoms with Gasteiger partial charge < -0.3 is 9.84 Å². The second kappa shape index (κ2) is 6.05. The number of nitrogens with zero attached hydrogens (tertiary/aromatic N) is 1. The van der Waals surface area contributed by atoms with Crippen molar-refractivity contribution >= 4 is 10.2 Å². The zero-order valence-corrected chi connectivity index (χ0v) is 12.3. The predicted molar refractivity (Wildman–Crippen MR) is 71.9 cm³/mol. The third kappa shape index (κ3) is 3.66.